The van der Waals surface area contributed by atoms with Gasteiger partial charge in [0.05, 0.1) is 12.6 Å². The van der Waals surface area contributed by atoms with Crippen molar-refractivity contribution in [2.45, 2.75) is 25.8 Å². The van der Waals surface area contributed by atoms with Gasteiger partial charge in [-0.05, 0) is 68.6 Å². The minimum atomic E-state index is -0.0289. The standard InChI is InChI=1S/C19H24N2O2S.ClH/c1-2-23-16-9-7-15(8-10-16)19(22)20-14-17(18-6-5-13-24-18)21-11-3-4-12-21;/h5-10,13,17H,2-4,11-12,14H2,1H3,(H,20,22);1H. The highest BCUT2D eigenvalue weighted by molar-refractivity contribution is 7.10. The third-order valence-corrected chi connectivity index (χ3v) is 5.31. The van der Waals surface area contributed by atoms with Gasteiger partial charge in [0, 0.05) is 17.0 Å². The second kappa shape index (κ2) is 9.80. The van der Waals surface area contributed by atoms with Gasteiger partial charge in [-0.25, -0.2) is 0 Å². The predicted octanol–water partition coefficient (Wildman–Crippen LogP) is 4.14. The van der Waals surface area contributed by atoms with E-state index in [0.29, 0.717) is 18.7 Å². The predicted molar refractivity (Wildman–Crippen MR) is 105 cm³/mol. The zero-order valence-corrected chi connectivity index (χ0v) is 16.1. The molecule has 2 aromatic rings. The van der Waals surface area contributed by atoms with Gasteiger partial charge in [0.15, 0.2) is 0 Å². The Morgan fingerprint density at radius 1 is 1.24 bits per heavy atom. The molecular formula is C19H25ClN2O2S. The number of ether oxygens (including phenoxy) is 1. The van der Waals surface area contributed by atoms with Crippen LogP contribution in [0, 0.1) is 0 Å². The second-order valence-electron chi connectivity index (χ2n) is 5.94. The molecule has 1 saturated heterocycles. The molecule has 25 heavy (non-hydrogen) atoms. The number of benzene rings is 1. The Balaban J connectivity index is 0.00000225. The highest BCUT2D eigenvalue weighted by Crippen LogP contribution is 2.27. The van der Waals surface area contributed by atoms with Crippen molar-refractivity contribution in [1.29, 1.82) is 0 Å². The first-order valence-electron chi connectivity index (χ1n) is 8.56. The highest BCUT2D eigenvalue weighted by atomic mass is 35.5. The van der Waals surface area contributed by atoms with Crippen LogP contribution in [0.5, 0.6) is 5.75 Å². The lowest BCUT2D eigenvalue weighted by atomic mass is 10.1. The zero-order chi connectivity index (χ0) is 16.8. The van der Waals surface area contributed by atoms with E-state index in [0.717, 1.165) is 18.8 Å². The minimum absolute atomic E-state index is 0. The average Bonchev–Trinajstić information content (AvgIpc) is 3.30. The van der Waals surface area contributed by atoms with Crippen LogP contribution in [0.2, 0.25) is 0 Å². The molecular weight excluding hydrogens is 356 g/mol. The van der Waals surface area contributed by atoms with Gasteiger partial charge in [-0.1, -0.05) is 6.07 Å². The van der Waals surface area contributed by atoms with Gasteiger partial charge in [-0.15, -0.1) is 23.7 Å². The second-order valence-corrected chi connectivity index (χ2v) is 6.92. The SMILES string of the molecule is CCOc1ccc(C(=O)NCC(c2cccs2)N2CCCC2)cc1.Cl. The third kappa shape index (κ3) is 5.21. The topological polar surface area (TPSA) is 41.6 Å². The number of carbonyl (C=O) groups is 1. The van der Waals surface area contributed by atoms with Gasteiger partial charge < -0.3 is 10.1 Å². The number of likely N-dealkylation sites (tertiary alicyclic amines) is 1. The van der Waals surface area contributed by atoms with Gasteiger partial charge in [0.2, 0.25) is 0 Å². The summed E-state index contributed by atoms with van der Waals surface area (Å²) in [7, 11) is 0. The summed E-state index contributed by atoms with van der Waals surface area (Å²) in [4.78, 5) is 16.2. The maximum atomic E-state index is 12.4. The number of nitrogens with zero attached hydrogens (tertiary/aromatic N) is 1. The third-order valence-electron chi connectivity index (χ3n) is 4.34. The first-order chi connectivity index (χ1) is 11.8. The molecule has 136 valence electrons. The van der Waals surface area contributed by atoms with Crippen molar-refractivity contribution in [1.82, 2.24) is 10.2 Å². The smallest absolute Gasteiger partial charge is 0.251 e. The number of amides is 1. The molecule has 0 radical (unpaired) electrons. The number of nitrogens with one attached hydrogen (secondary N) is 1. The molecule has 6 heteroatoms. The average molecular weight is 381 g/mol. The van der Waals surface area contributed by atoms with E-state index in [-0.39, 0.29) is 24.4 Å². The van der Waals surface area contributed by atoms with E-state index in [1.807, 2.05) is 31.2 Å². The first-order valence-corrected chi connectivity index (χ1v) is 9.44. The molecule has 3 rings (SSSR count). The molecule has 1 fully saturated rings. The van der Waals surface area contributed by atoms with Gasteiger partial charge >= 0.3 is 0 Å². The highest BCUT2D eigenvalue weighted by Gasteiger charge is 2.24. The van der Waals surface area contributed by atoms with E-state index in [1.54, 1.807) is 11.3 Å². The largest absolute Gasteiger partial charge is 0.494 e. The summed E-state index contributed by atoms with van der Waals surface area (Å²) in [6.07, 6.45) is 2.49. The van der Waals surface area contributed by atoms with Gasteiger partial charge in [0.1, 0.15) is 5.75 Å². The lowest BCUT2D eigenvalue weighted by Crippen LogP contribution is -2.36. The van der Waals surface area contributed by atoms with Crippen molar-refractivity contribution in [2.24, 2.45) is 0 Å². The number of carbonyl (C=O) groups excluding carboxylic acids is 1. The van der Waals surface area contributed by atoms with Gasteiger partial charge in [-0.3, -0.25) is 9.69 Å². The van der Waals surface area contributed by atoms with Crippen LogP contribution < -0.4 is 10.1 Å². The Labute approximate surface area is 159 Å². The van der Waals surface area contributed by atoms with Crippen molar-refractivity contribution >= 4 is 29.7 Å². The summed E-state index contributed by atoms with van der Waals surface area (Å²) in [6.45, 7) is 5.45. The van der Waals surface area contributed by atoms with Crippen molar-refractivity contribution in [2.75, 3.05) is 26.2 Å². The molecule has 1 aromatic heterocycles. The van der Waals surface area contributed by atoms with Crippen LogP contribution in [0.3, 0.4) is 0 Å². The fourth-order valence-electron chi connectivity index (χ4n) is 3.10. The van der Waals surface area contributed by atoms with E-state index < -0.39 is 0 Å². The Kier molecular flexibility index (Phi) is 7.75. The molecule has 2 heterocycles. The van der Waals surface area contributed by atoms with Crippen LogP contribution in [0.25, 0.3) is 0 Å². The van der Waals surface area contributed by atoms with Crippen LogP contribution in [-0.4, -0.2) is 37.0 Å². The summed E-state index contributed by atoms with van der Waals surface area (Å²) in [5.74, 6) is 0.765. The molecule has 1 atom stereocenters. The Bertz CT molecular complexity index is 640. The summed E-state index contributed by atoms with van der Waals surface area (Å²) in [5, 5.41) is 5.20. The Morgan fingerprint density at radius 2 is 1.96 bits per heavy atom. The molecule has 1 unspecified atom stereocenters. The fourth-order valence-corrected chi connectivity index (χ4v) is 3.97. The molecule has 0 spiro atoms. The molecule has 1 amide bonds. The first kappa shape index (κ1) is 19.8. The molecule has 0 aliphatic carbocycles. The summed E-state index contributed by atoms with van der Waals surface area (Å²) >= 11 is 1.76. The normalized spacial score (nSPS) is 15.4. The molecule has 1 aliphatic rings. The lowest BCUT2D eigenvalue weighted by molar-refractivity contribution is 0.0938. The molecule has 4 nitrogen and oxygen atoms in total. The number of hydrogen-bond acceptors (Lipinski definition) is 4. The van der Waals surface area contributed by atoms with E-state index in [1.165, 1.54) is 17.7 Å². The number of thiophene rings is 1. The van der Waals surface area contributed by atoms with Crippen molar-refractivity contribution in [3.63, 3.8) is 0 Å². The molecule has 1 aromatic carbocycles. The number of rotatable bonds is 7. The van der Waals surface area contributed by atoms with Gasteiger partial charge in [0.25, 0.3) is 5.91 Å². The van der Waals surface area contributed by atoms with Crippen LogP contribution in [0.1, 0.15) is 41.0 Å². The summed E-state index contributed by atoms with van der Waals surface area (Å²) < 4.78 is 5.42. The summed E-state index contributed by atoms with van der Waals surface area (Å²) in [6, 6.07) is 11.8. The Hall–Kier alpha value is -1.56. The van der Waals surface area contributed by atoms with Crippen LogP contribution in [-0.2, 0) is 0 Å². The molecule has 0 bridgehead atoms. The molecule has 1 N–H and O–H groups in total. The minimum Gasteiger partial charge on any atom is -0.494 e. The van der Waals surface area contributed by atoms with Crippen LogP contribution in [0.4, 0.5) is 0 Å². The van der Waals surface area contributed by atoms with E-state index in [4.69, 9.17) is 4.74 Å². The van der Waals surface area contributed by atoms with E-state index in [2.05, 4.69) is 27.7 Å². The lowest BCUT2D eigenvalue weighted by Gasteiger charge is -2.26. The van der Waals surface area contributed by atoms with Crippen molar-refractivity contribution in [3.05, 3.63) is 52.2 Å². The van der Waals surface area contributed by atoms with Crippen LogP contribution >= 0.6 is 23.7 Å². The van der Waals surface area contributed by atoms with Crippen LogP contribution in [0.15, 0.2) is 41.8 Å². The zero-order valence-electron chi connectivity index (χ0n) is 14.4. The molecule has 0 saturated carbocycles. The number of halogens is 1. The van der Waals surface area contributed by atoms with Crippen molar-refractivity contribution in [3.8, 4) is 5.75 Å². The van der Waals surface area contributed by atoms with E-state index in [9.17, 15) is 4.79 Å². The maximum absolute atomic E-state index is 12.4. The van der Waals surface area contributed by atoms with Crippen molar-refractivity contribution < 1.29 is 9.53 Å². The monoisotopic (exact) mass is 380 g/mol. The Morgan fingerprint density at radius 3 is 2.56 bits per heavy atom. The maximum Gasteiger partial charge on any atom is 0.251 e. The quantitative estimate of drug-likeness (QED) is 0.785. The van der Waals surface area contributed by atoms with E-state index >= 15 is 0 Å². The van der Waals surface area contributed by atoms with Gasteiger partial charge in [-0.2, -0.15) is 0 Å². The molecule has 1 aliphatic heterocycles. The number of hydrogen-bond donors (Lipinski definition) is 1. The fraction of sp³-hybridized carbons (Fsp3) is 0.421. The summed E-state index contributed by atoms with van der Waals surface area (Å²) in [5.41, 5.74) is 0.671.